The average Bonchev–Trinajstić information content (AvgIpc) is 3.07. The second-order valence-corrected chi connectivity index (χ2v) is 16.6. The normalized spacial score (nSPS) is 16.3. The maximum atomic E-state index is 6.15. The first kappa shape index (κ1) is 38.6. The zero-order valence-corrected chi connectivity index (χ0v) is 32.9. The minimum atomic E-state index is 0.0589. The first-order valence-corrected chi connectivity index (χ1v) is 18.7. The molecular formula is C41H60ClN9. The first-order valence-electron chi connectivity index (χ1n) is 18.3. The van der Waals surface area contributed by atoms with Crippen LogP contribution in [0.3, 0.4) is 0 Å². The van der Waals surface area contributed by atoms with E-state index in [9.17, 15) is 0 Å². The van der Waals surface area contributed by atoms with Crippen LogP contribution in [0.2, 0.25) is 5.02 Å². The summed E-state index contributed by atoms with van der Waals surface area (Å²) in [5.41, 5.74) is 15.2. The van der Waals surface area contributed by atoms with E-state index in [1.807, 2.05) is 36.5 Å². The molecule has 276 valence electrons. The van der Waals surface area contributed by atoms with Crippen molar-refractivity contribution in [2.45, 2.75) is 65.7 Å². The zero-order valence-electron chi connectivity index (χ0n) is 32.1. The largest absolute Gasteiger partial charge is 0.399 e. The predicted octanol–water partition coefficient (Wildman–Crippen LogP) is 7.18. The van der Waals surface area contributed by atoms with E-state index in [1.165, 1.54) is 22.5 Å². The molecule has 4 aromatic rings. The van der Waals surface area contributed by atoms with Gasteiger partial charge in [0.05, 0.1) is 5.52 Å². The highest BCUT2D eigenvalue weighted by atomic mass is 35.5. The highest BCUT2D eigenvalue weighted by molar-refractivity contribution is 6.31. The van der Waals surface area contributed by atoms with E-state index in [-0.39, 0.29) is 11.1 Å². The van der Waals surface area contributed by atoms with Crippen LogP contribution in [0, 0.1) is 0 Å². The van der Waals surface area contributed by atoms with Crippen LogP contribution in [-0.2, 0) is 13.1 Å². The molecule has 9 nitrogen and oxygen atoms in total. The number of halogens is 1. The smallest absolute Gasteiger partial charge is 0.0737 e. The zero-order chi connectivity index (χ0) is 36.8. The molecular weight excluding hydrogens is 654 g/mol. The van der Waals surface area contributed by atoms with Crippen LogP contribution in [0.15, 0.2) is 66.9 Å². The number of anilines is 5. The van der Waals surface area contributed by atoms with Crippen molar-refractivity contribution in [3.05, 3.63) is 83.0 Å². The number of nitrogens with two attached hydrogens (primary N) is 1. The van der Waals surface area contributed by atoms with Gasteiger partial charge in [-0.3, -0.25) is 4.98 Å². The summed E-state index contributed by atoms with van der Waals surface area (Å²) in [6, 6.07) is 20.8. The number of hydrogen-bond donors (Lipinski definition) is 4. The number of hydrogen-bond acceptors (Lipinski definition) is 9. The fraction of sp³-hybridized carbons (Fsp3) is 0.488. The van der Waals surface area contributed by atoms with Gasteiger partial charge in [-0.15, -0.1) is 0 Å². The SMILES string of the molecule is CN1CCN(c2ccc(N)cc2CNC(C)(C)C)CC1.CN1CCN(c2ccc(Nc3ccnc4cc(Cl)ccc34)cc2CNC(C)(C)C)CC1. The fourth-order valence-electron chi connectivity index (χ4n) is 6.37. The van der Waals surface area contributed by atoms with Gasteiger partial charge < -0.3 is 41.3 Å². The monoisotopic (exact) mass is 713 g/mol. The molecule has 2 fully saturated rings. The molecule has 0 atom stereocenters. The van der Waals surface area contributed by atoms with E-state index < -0.39 is 0 Å². The molecule has 0 bridgehead atoms. The van der Waals surface area contributed by atoms with E-state index in [2.05, 4.69) is 127 Å². The molecule has 0 unspecified atom stereocenters. The summed E-state index contributed by atoms with van der Waals surface area (Å²) >= 11 is 6.15. The van der Waals surface area contributed by atoms with Gasteiger partial charge in [-0.2, -0.15) is 0 Å². The summed E-state index contributed by atoms with van der Waals surface area (Å²) in [5, 5.41) is 12.6. The van der Waals surface area contributed by atoms with Crippen LogP contribution in [0.25, 0.3) is 10.9 Å². The second kappa shape index (κ2) is 16.8. The Balaban J connectivity index is 0.000000218. The fourth-order valence-corrected chi connectivity index (χ4v) is 6.54. The standard InChI is InChI=1S/C25H32ClN5.C16H28N4/c1-25(2,3)28-17-18-15-20(6-8-24(18)31-13-11-30(4)12-14-31)29-22-9-10-27-23-16-19(26)5-7-21(22)23;1-16(2,3)18-12-13-11-14(17)5-6-15(13)20-9-7-19(4)8-10-20/h5-10,15-16,28H,11-14,17H2,1-4H3,(H,27,29);5-6,11,18H,7-10,12,17H2,1-4H3. The Labute approximate surface area is 311 Å². The van der Waals surface area contributed by atoms with Crippen LogP contribution >= 0.6 is 11.6 Å². The number of benzene rings is 3. The van der Waals surface area contributed by atoms with Gasteiger partial charge in [0, 0.05) is 122 Å². The third kappa shape index (κ3) is 11.4. The van der Waals surface area contributed by atoms with Crippen molar-refractivity contribution in [3.8, 4) is 0 Å². The van der Waals surface area contributed by atoms with E-state index in [0.29, 0.717) is 5.02 Å². The lowest BCUT2D eigenvalue weighted by Gasteiger charge is -2.35. The Morgan fingerprint density at radius 1 is 0.667 bits per heavy atom. The predicted molar refractivity (Wildman–Crippen MR) is 220 cm³/mol. The molecule has 0 radical (unpaired) electrons. The van der Waals surface area contributed by atoms with Crippen LogP contribution < -0.4 is 31.5 Å². The van der Waals surface area contributed by atoms with Crippen molar-refractivity contribution in [1.29, 1.82) is 0 Å². The highest BCUT2D eigenvalue weighted by Crippen LogP contribution is 2.31. The number of piperazine rings is 2. The van der Waals surface area contributed by atoms with Crippen LogP contribution in [-0.4, -0.2) is 92.3 Å². The van der Waals surface area contributed by atoms with Gasteiger partial charge >= 0.3 is 0 Å². The van der Waals surface area contributed by atoms with E-state index in [0.717, 1.165) is 93.4 Å². The van der Waals surface area contributed by atoms with Crippen molar-refractivity contribution in [2.24, 2.45) is 0 Å². The number of aromatic nitrogens is 1. The minimum absolute atomic E-state index is 0.0589. The summed E-state index contributed by atoms with van der Waals surface area (Å²) in [4.78, 5) is 14.2. The van der Waals surface area contributed by atoms with Crippen LogP contribution in [0.1, 0.15) is 52.7 Å². The van der Waals surface area contributed by atoms with E-state index in [4.69, 9.17) is 17.3 Å². The molecule has 51 heavy (non-hydrogen) atoms. The third-order valence-corrected chi connectivity index (χ3v) is 9.71. The lowest BCUT2D eigenvalue weighted by Crippen LogP contribution is -2.45. The lowest BCUT2D eigenvalue weighted by atomic mass is 10.1. The molecule has 2 aliphatic heterocycles. The molecule has 2 saturated heterocycles. The molecule has 3 aromatic carbocycles. The quantitative estimate of drug-likeness (QED) is 0.142. The van der Waals surface area contributed by atoms with Crippen molar-refractivity contribution in [2.75, 3.05) is 87.3 Å². The number of nitrogens with one attached hydrogen (secondary N) is 3. The van der Waals surface area contributed by atoms with Crippen LogP contribution in [0.5, 0.6) is 0 Å². The number of pyridine rings is 1. The topological polar surface area (TPSA) is 88.0 Å². The molecule has 3 heterocycles. The Bertz CT molecular complexity index is 1730. The second-order valence-electron chi connectivity index (χ2n) is 16.2. The Hall–Kier alpha value is -3.60. The van der Waals surface area contributed by atoms with Gasteiger partial charge in [0.2, 0.25) is 0 Å². The van der Waals surface area contributed by atoms with Gasteiger partial charge in [0.25, 0.3) is 0 Å². The summed E-state index contributed by atoms with van der Waals surface area (Å²) in [5.74, 6) is 0. The Morgan fingerprint density at radius 2 is 1.20 bits per heavy atom. The molecule has 2 aliphatic rings. The van der Waals surface area contributed by atoms with Gasteiger partial charge in [0.15, 0.2) is 0 Å². The molecule has 0 spiro atoms. The molecule has 6 rings (SSSR count). The molecule has 1 aromatic heterocycles. The minimum Gasteiger partial charge on any atom is -0.399 e. The number of rotatable bonds is 8. The van der Waals surface area contributed by atoms with Gasteiger partial charge in [-0.1, -0.05) is 11.6 Å². The number of nitrogens with zero attached hydrogens (tertiary/aromatic N) is 5. The molecule has 0 saturated carbocycles. The van der Waals surface area contributed by atoms with Crippen LogP contribution in [0.4, 0.5) is 28.4 Å². The number of fused-ring (bicyclic) bond motifs is 1. The maximum Gasteiger partial charge on any atom is 0.0737 e. The summed E-state index contributed by atoms with van der Waals surface area (Å²) in [7, 11) is 4.38. The molecule has 10 heteroatoms. The molecule has 5 N–H and O–H groups in total. The summed E-state index contributed by atoms with van der Waals surface area (Å²) in [6.45, 7) is 23.6. The summed E-state index contributed by atoms with van der Waals surface area (Å²) in [6.07, 6.45) is 1.82. The molecule has 0 amide bonds. The highest BCUT2D eigenvalue weighted by Gasteiger charge is 2.20. The lowest BCUT2D eigenvalue weighted by molar-refractivity contribution is 0.312. The molecule has 0 aliphatic carbocycles. The average molecular weight is 714 g/mol. The van der Waals surface area contributed by atoms with Crippen molar-refractivity contribution < 1.29 is 0 Å². The van der Waals surface area contributed by atoms with Gasteiger partial charge in [0.1, 0.15) is 0 Å². The summed E-state index contributed by atoms with van der Waals surface area (Å²) < 4.78 is 0. The van der Waals surface area contributed by atoms with E-state index in [1.54, 1.807) is 0 Å². The Morgan fingerprint density at radius 3 is 1.75 bits per heavy atom. The third-order valence-electron chi connectivity index (χ3n) is 9.47. The Kier molecular flexibility index (Phi) is 12.7. The van der Waals surface area contributed by atoms with Gasteiger partial charge in [-0.25, -0.2) is 0 Å². The van der Waals surface area contributed by atoms with Crippen molar-refractivity contribution in [3.63, 3.8) is 0 Å². The van der Waals surface area contributed by atoms with Crippen molar-refractivity contribution in [1.82, 2.24) is 25.4 Å². The van der Waals surface area contributed by atoms with E-state index >= 15 is 0 Å². The van der Waals surface area contributed by atoms with Gasteiger partial charge in [-0.05, 0) is 127 Å². The number of likely N-dealkylation sites (N-methyl/N-ethyl adjacent to an activating group) is 2. The first-order chi connectivity index (χ1) is 24.1. The van der Waals surface area contributed by atoms with Crippen molar-refractivity contribution >= 4 is 50.9 Å². The number of nitrogen functional groups attached to an aromatic ring is 1. The maximum absolute atomic E-state index is 6.15.